The van der Waals surface area contributed by atoms with Gasteiger partial charge in [-0.1, -0.05) is 24.5 Å². The van der Waals surface area contributed by atoms with Crippen LogP contribution in [0.15, 0.2) is 12.4 Å². The van der Waals surface area contributed by atoms with E-state index in [1.54, 1.807) is 17.1 Å². The molecule has 1 fully saturated rings. The summed E-state index contributed by atoms with van der Waals surface area (Å²) in [5.41, 5.74) is 0. The van der Waals surface area contributed by atoms with Gasteiger partial charge in [0.15, 0.2) is 0 Å². The minimum absolute atomic E-state index is 0.0751. The van der Waals surface area contributed by atoms with E-state index >= 15 is 0 Å². The highest BCUT2D eigenvalue weighted by molar-refractivity contribution is 5.81. The second-order valence-corrected chi connectivity index (χ2v) is 5.59. The molecule has 0 aromatic carbocycles. The average Bonchev–Trinajstić information content (AvgIpc) is 2.99. The molecule has 1 aromatic rings. The van der Waals surface area contributed by atoms with Gasteiger partial charge in [-0.2, -0.15) is 0 Å². The molecular formula is C14H25N5O. The zero-order chi connectivity index (χ0) is 14.4. The van der Waals surface area contributed by atoms with Crippen molar-refractivity contribution in [3.8, 4) is 0 Å². The zero-order valence-electron chi connectivity index (χ0n) is 12.5. The van der Waals surface area contributed by atoms with Gasteiger partial charge in [-0.25, -0.2) is 0 Å². The van der Waals surface area contributed by atoms with E-state index in [-0.39, 0.29) is 11.9 Å². The van der Waals surface area contributed by atoms with Crippen LogP contribution in [-0.4, -0.2) is 51.5 Å². The molecule has 1 saturated carbocycles. The predicted octanol–water partition coefficient (Wildman–Crippen LogP) is 1.05. The van der Waals surface area contributed by atoms with Crippen LogP contribution < -0.4 is 5.32 Å². The van der Waals surface area contributed by atoms with Crippen LogP contribution in [0.4, 0.5) is 0 Å². The van der Waals surface area contributed by atoms with Gasteiger partial charge < -0.3 is 5.32 Å². The van der Waals surface area contributed by atoms with Crippen molar-refractivity contribution in [3.05, 3.63) is 12.4 Å². The summed E-state index contributed by atoms with van der Waals surface area (Å²) in [4.78, 5) is 14.4. The van der Waals surface area contributed by atoms with Crippen LogP contribution in [-0.2, 0) is 11.3 Å². The molecule has 6 heteroatoms. The van der Waals surface area contributed by atoms with Crippen LogP contribution in [0.3, 0.4) is 0 Å². The summed E-state index contributed by atoms with van der Waals surface area (Å²) in [7, 11) is 2.07. The van der Waals surface area contributed by atoms with E-state index in [1.807, 2.05) is 6.92 Å². The monoisotopic (exact) mass is 279 g/mol. The summed E-state index contributed by atoms with van der Waals surface area (Å²) in [5, 5.41) is 10.6. The van der Waals surface area contributed by atoms with Gasteiger partial charge in [0.2, 0.25) is 5.91 Å². The van der Waals surface area contributed by atoms with E-state index in [9.17, 15) is 4.79 Å². The van der Waals surface area contributed by atoms with Crippen molar-refractivity contribution in [2.24, 2.45) is 0 Å². The van der Waals surface area contributed by atoms with E-state index in [1.165, 1.54) is 32.1 Å². The number of nitrogens with zero attached hydrogens (tertiary/aromatic N) is 4. The van der Waals surface area contributed by atoms with Crippen LogP contribution in [0.25, 0.3) is 0 Å². The summed E-state index contributed by atoms with van der Waals surface area (Å²) >= 11 is 0. The lowest BCUT2D eigenvalue weighted by Crippen LogP contribution is -2.48. The van der Waals surface area contributed by atoms with E-state index < -0.39 is 0 Å². The fourth-order valence-corrected chi connectivity index (χ4v) is 2.78. The Morgan fingerprint density at radius 3 is 2.85 bits per heavy atom. The highest BCUT2D eigenvalue weighted by Crippen LogP contribution is 2.22. The van der Waals surface area contributed by atoms with Gasteiger partial charge in [-0.05, 0) is 26.8 Å². The molecule has 0 aliphatic heterocycles. The molecule has 20 heavy (non-hydrogen) atoms. The van der Waals surface area contributed by atoms with Crippen LogP contribution in [0, 0.1) is 0 Å². The van der Waals surface area contributed by atoms with Gasteiger partial charge in [0.05, 0.1) is 18.8 Å². The fourth-order valence-electron chi connectivity index (χ4n) is 2.78. The molecule has 1 aromatic heterocycles. The molecule has 6 nitrogen and oxygen atoms in total. The van der Waals surface area contributed by atoms with Crippen LogP contribution in [0.1, 0.15) is 39.0 Å². The fraction of sp³-hybridized carbons (Fsp3) is 0.786. The van der Waals surface area contributed by atoms with Crippen molar-refractivity contribution < 1.29 is 4.79 Å². The Bertz CT molecular complexity index is 400. The number of nitrogens with one attached hydrogen (secondary N) is 1. The first kappa shape index (κ1) is 15.0. The summed E-state index contributed by atoms with van der Waals surface area (Å²) in [5.74, 6) is 0.0955. The molecule has 2 rings (SSSR count). The maximum atomic E-state index is 12.2. The first-order valence-electron chi connectivity index (χ1n) is 7.52. The molecule has 1 heterocycles. The van der Waals surface area contributed by atoms with Crippen LogP contribution in [0.2, 0.25) is 0 Å². The number of amides is 1. The molecule has 1 atom stereocenters. The van der Waals surface area contributed by atoms with Crippen LogP contribution in [0.5, 0.6) is 0 Å². The van der Waals surface area contributed by atoms with Crippen molar-refractivity contribution in [2.45, 2.75) is 57.7 Å². The summed E-state index contributed by atoms with van der Waals surface area (Å²) in [6.45, 7) is 3.23. The normalized spacial score (nSPS) is 18.1. The van der Waals surface area contributed by atoms with E-state index in [2.05, 4.69) is 27.6 Å². The van der Waals surface area contributed by atoms with Gasteiger partial charge in [0.25, 0.3) is 0 Å². The highest BCUT2D eigenvalue weighted by Gasteiger charge is 2.25. The van der Waals surface area contributed by atoms with Gasteiger partial charge in [-0.15, -0.1) is 5.10 Å². The summed E-state index contributed by atoms with van der Waals surface area (Å²) in [6, 6.07) is 0.480. The smallest absolute Gasteiger partial charge is 0.237 e. The van der Waals surface area contributed by atoms with E-state index in [0.29, 0.717) is 19.1 Å². The average molecular weight is 279 g/mol. The van der Waals surface area contributed by atoms with Gasteiger partial charge in [0, 0.05) is 18.8 Å². The molecule has 1 amide bonds. The topological polar surface area (TPSA) is 63.1 Å². The van der Waals surface area contributed by atoms with Crippen molar-refractivity contribution in [1.29, 1.82) is 0 Å². The Labute approximate surface area is 120 Å². The first-order chi connectivity index (χ1) is 9.68. The number of carbonyl (C=O) groups is 1. The third kappa shape index (κ3) is 4.03. The number of likely N-dealkylation sites (N-methyl/N-ethyl adjacent to an activating group) is 1. The van der Waals surface area contributed by atoms with Gasteiger partial charge >= 0.3 is 0 Å². The molecule has 112 valence electrons. The third-order valence-corrected chi connectivity index (χ3v) is 4.25. The Balaban J connectivity index is 1.72. The molecular weight excluding hydrogens is 254 g/mol. The molecule has 0 unspecified atom stereocenters. The van der Waals surface area contributed by atoms with Crippen molar-refractivity contribution >= 4 is 5.91 Å². The first-order valence-corrected chi connectivity index (χ1v) is 7.52. The van der Waals surface area contributed by atoms with Crippen molar-refractivity contribution in [3.63, 3.8) is 0 Å². The van der Waals surface area contributed by atoms with E-state index in [4.69, 9.17) is 0 Å². The predicted molar refractivity (Wildman–Crippen MR) is 77.1 cm³/mol. The SMILES string of the molecule is C[C@@H](C(=O)NCCn1ccnn1)N(C)C1CCCCC1. The number of rotatable bonds is 6. The molecule has 0 bridgehead atoms. The lowest BCUT2D eigenvalue weighted by atomic mass is 9.93. The number of carbonyl (C=O) groups excluding carboxylic acids is 1. The minimum Gasteiger partial charge on any atom is -0.353 e. The number of aromatic nitrogens is 3. The Morgan fingerprint density at radius 1 is 1.45 bits per heavy atom. The standard InChI is InChI=1S/C14H25N5O/c1-12(18(2)13-6-4-3-5-7-13)14(20)15-8-10-19-11-9-16-17-19/h9,11-13H,3-8,10H2,1-2H3,(H,15,20)/t12-/m0/s1. The van der Waals surface area contributed by atoms with Gasteiger partial charge in [0.1, 0.15) is 0 Å². The second kappa shape index (κ2) is 7.38. The number of hydrogen-bond donors (Lipinski definition) is 1. The Kier molecular flexibility index (Phi) is 5.52. The third-order valence-electron chi connectivity index (χ3n) is 4.25. The lowest BCUT2D eigenvalue weighted by Gasteiger charge is -2.34. The lowest BCUT2D eigenvalue weighted by molar-refractivity contribution is -0.126. The molecule has 1 aliphatic rings. The molecule has 1 N–H and O–H groups in total. The Morgan fingerprint density at radius 2 is 2.20 bits per heavy atom. The van der Waals surface area contributed by atoms with Crippen molar-refractivity contribution in [2.75, 3.05) is 13.6 Å². The molecule has 0 radical (unpaired) electrons. The largest absolute Gasteiger partial charge is 0.353 e. The maximum Gasteiger partial charge on any atom is 0.237 e. The number of hydrogen-bond acceptors (Lipinski definition) is 4. The minimum atomic E-state index is -0.0751. The second-order valence-electron chi connectivity index (χ2n) is 5.59. The summed E-state index contributed by atoms with van der Waals surface area (Å²) in [6.07, 6.45) is 9.78. The van der Waals surface area contributed by atoms with Crippen LogP contribution >= 0.6 is 0 Å². The van der Waals surface area contributed by atoms with Crippen molar-refractivity contribution in [1.82, 2.24) is 25.2 Å². The quantitative estimate of drug-likeness (QED) is 0.845. The Hall–Kier alpha value is -1.43. The molecule has 1 aliphatic carbocycles. The van der Waals surface area contributed by atoms with Gasteiger partial charge in [-0.3, -0.25) is 14.4 Å². The maximum absolute atomic E-state index is 12.2. The zero-order valence-corrected chi connectivity index (χ0v) is 12.5. The molecule has 0 spiro atoms. The summed E-state index contributed by atoms with van der Waals surface area (Å²) < 4.78 is 1.72. The molecule has 0 saturated heterocycles. The highest BCUT2D eigenvalue weighted by atomic mass is 16.2. The van der Waals surface area contributed by atoms with E-state index in [0.717, 1.165) is 0 Å².